The molecule has 8 heteroatoms. The minimum absolute atomic E-state index is 0.0873. The minimum atomic E-state index is -3.77. The minimum Gasteiger partial charge on any atom is -0.325 e. The molecule has 31 heavy (non-hydrogen) atoms. The lowest BCUT2D eigenvalue weighted by molar-refractivity contribution is -0.115. The summed E-state index contributed by atoms with van der Waals surface area (Å²) in [4.78, 5) is 13.6. The van der Waals surface area contributed by atoms with E-state index in [1.54, 1.807) is 30.3 Å². The molecule has 5 nitrogen and oxygen atoms in total. The van der Waals surface area contributed by atoms with Crippen molar-refractivity contribution in [3.8, 4) is 0 Å². The third-order valence-electron chi connectivity index (χ3n) is 4.56. The fraction of sp³-hybridized carbons (Fsp3) is 0.174. The van der Waals surface area contributed by atoms with Gasteiger partial charge in [-0.1, -0.05) is 35.4 Å². The molecule has 0 fully saturated rings. The quantitative estimate of drug-likeness (QED) is 0.419. The van der Waals surface area contributed by atoms with E-state index in [2.05, 4.69) is 10.0 Å². The summed E-state index contributed by atoms with van der Waals surface area (Å²) < 4.78 is 27.8. The molecule has 1 atom stereocenters. The van der Waals surface area contributed by atoms with Crippen molar-refractivity contribution in [2.75, 3.05) is 10.0 Å². The maximum Gasteiger partial charge on any atom is 0.261 e. The number of carbonyl (C=O) groups is 1. The molecule has 0 aliphatic carbocycles. The van der Waals surface area contributed by atoms with Gasteiger partial charge in [0.15, 0.2) is 0 Å². The van der Waals surface area contributed by atoms with Gasteiger partial charge in [-0.05, 0) is 74.9 Å². The van der Waals surface area contributed by atoms with Crippen molar-refractivity contribution in [3.63, 3.8) is 0 Å². The van der Waals surface area contributed by atoms with Crippen LogP contribution in [0.3, 0.4) is 0 Å². The second kappa shape index (κ2) is 9.77. The average molecular weight is 475 g/mol. The van der Waals surface area contributed by atoms with Crippen LogP contribution in [0, 0.1) is 13.8 Å². The number of nitrogens with one attached hydrogen (secondary N) is 2. The Balaban J connectivity index is 1.63. The van der Waals surface area contributed by atoms with E-state index in [4.69, 9.17) is 11.6 Å². The molecule has 0 bridgehead atoms. The number of rotatable bonds is 7. The van der Waals surface area contributed by atoms with Crippen LogP contribution < -0.4 is 10.0 Å². The highest BCUT2D eigenvalue weighted by Crippen LogP contribution is 2.26. The van der Waals surface area contributed by atoms with Crippen molar-refractivity contribution >= 4 is 50.7 Å². The second-order valence-electron chi connectivity index (χ2n) is 7.16. The largest absolute Gasteiger partial charge is 0.325 e. The van der Waals surface area contributed by atoms with Crippen LogP contribution in [-0.4, -0.2) is 19.6 Å². The van der Waals surface area contributed by atoms with Crippen molar-refractivity contribution in [2.45, 2.75) is 35.8 Å². The van der Waals surface area contributed by atoms with Crippen molar-refractivity contribution in [1.82, 2.24) is 0 Å². The van der Waals surface area contributed by atoms with Crippen molar-refractivity contribution in [3.05, 3.63) is 82.9 Å². The van der Waals surface area contributed by atoms with Gasteiger partial charge in [0.1, 0.15) is 0 Å². The topological polar surface area (TPSA) is 75.3 Å². The standard InChI is InChI=1S/C23H23ClN2O3S2/c1-15-4-10-20(11-5-15)30-17(3)23(27)25-18-8-12-21(13-9-18)31(28,29)26-19-7-6-16(2)22(24)14-19/h4-14,17,26H,1-3H3,(H,25,27)/t17-/m1/s1. The lowest BCUT2D eigenvalue weighted by Crippen LogP contribution is -2.22. The summed E-state index contributed by atoms with van der Waals surface area (Å²) in [7, 11) is -3.77. The van der Waals surface area contributed by atoms with Crippen molar-refractivity contribution < 1.29 is 13.2 Å². The van der Waals surface area contributed by atoms with Gasteiger partial charge in [0.05, 0.1) is 15.8 Å². The summed E-state index contributed by atoms with van der Waals surface area (Å²) in [5, 5.41) is 3.00. The van der Waals surface area contributed by atoms with Gasteiger partial charge >= 0.3 is 0 Å². The van der Waals surface area contributed by atoms with E-state index in [1.807, 2.05) is 45.0 Å². The Kier molecular flexibility index (Phi) is 7.30. The summed E-state index contributed by atoms with van der Waals surface area (Å²) >= 11 is 7.53. The molecule has 0 aliphatic rings. The molecular weight excluding hydrogens is 452 g/mol. The third-order valence-corrected chi connectivity index (χ3v) is 7.48. The summed E-state index contributed by atoms with van der Waals surface area (Å²) in [5.41, 5.74) is 2.93. The van der Waals surface area contributed by atoms with Crippen LogP contribution in [0.25, 0.3) is 0 Å². The lowest BCUT2D eigenvalue weighted by Gasteiger charge is -2.13. The van der Waals surface area contributed by atoms with Crippen molar-refractivity contribution in [1.29, 1.82) is 0 Å². The molecular formula is C23H23ClN2O3S2. The van der Waals surface area contributed by atoms with E-state index >= 15 is 0 Å². The maximum atomic E-state index is 12.6. The van der Waals surface area contributed by atoms with Crippen LogP contribution in [0.15, 0.2) is 76.5 Å². The Bertz CT molecular complexity index is 1180. The van der Waals surface area contributed by atoms with Crippen LogP contribution >= 0.6 is 23.4 Å². The van der Waals surface area contributed by atoms with E-state index in [-0.39, 0.29) is 16.1 Å². The molecule has 0 aromatic heterocycles. The molecule has 3 aromatic carbocycles. The molecule has 0 aliphatic heterocycles. The van der Waals surface area contributed by atoms with E-state index < -0.39 is 10.0 Å². The fourth-order valence-corrected chi connectivity index (χ4v) is 4.80. The van der Waals surface area contributed by atoms with E-state index in [0.717, 1.165) is 16.0 Å². The SMILES string of the molecule is Cc1ccc(S[C@H](C)C(=O)Nc2ccc(S(=O)(=O)Nc3ccc(C)c(Cl)c3)cc2)cc1. The third kappa shape index (κ3) is 6.26. The van der Waals surface area contributed by atoms with Crippen LogP contribution in [0.1, 0.15) is 18.1 Å². The molecule has 3 aromatic rings. The Morgan fingerprint density at radius 3 is 2.16 bits per heavy atom. The number of hydrogen-bond acceptors (Lipinski definition) is 4. The Morgan fingerprint density at radius 1 is 0.935 bits per heavy atom. The number of hydrogen-bond donors (Lipinski definition) is 2. The molecule has 2 N–H and O–H groups in total. The highest BCUT2D eigenvalue weighted by Gasteiger charge is 2.17. The number of carbonyl (C=O) groups excluding carboxylic acids is 1. The highest BCUT2D eigenvalue weighted by molar-refractivity contribution is 8.00. The van der Waals surface area contributed by atoms with Gasteiger partial charge in [-0.25, -0.2) is 8.42 Å². The molecule has 162 valence electrons. The molecule has 1 amide bonds. The van der Waals surface area contributed by atoms with Crippen LogP contribution in [0.2, 0.25) is 5.02 Å². The Morgan fingerprint density at radius 2 is 1.55 bits per heavy atom. The fourth-order valence-electron chi connectivity index (χ4n) is 2.71. The van der Waals surface area contributed by atoms with Gasteiger partial charge in [0, 0.05) is 15.6 Å². The lowest BCUT2D eigenvalue weighted by atomic mass is 10.2. The first-order valence-corrected chi connectivity index (χ1v) is 12.3. The van der Waals surface area contributed by atoms with Gasteiger partial charge in [0.2, 0.25) is 5.91 Å². The van der Waals surface area contributed by atoms with Gasteiger partial charge in [0.25, 0.3) is 10.0 Å². The second-order valence-corrected chi connectivity index (χ2v) is 10.7. The van der Waals surface area contributed by atoms with Crippen molar-refractivity contribution in [2.24, 2.45) is 0 Å². The zero-order valence-electron chi connectivity index (χ0n) is 17.3. The van der Waals surface area contributed by atoms with E-state index in [0.29, 0.717) is 16.4 Å². The van der Waals surface area contributed by atoms with Crippen LogP contribution in [0.5, 0.6) is 0 Å². The zero-order chi connectivity index (χ0) is 22.6. The maximum absolute atomic E-state index is 12.6. The number of benzene rings is 3. The van der Waals surface area contributed by atoms with Crippen LogP contribution in [-0.2, 0) is 14.8 Å². The Labute approximate surface area is 192 Å². The Hall–Kier alpha value is -2.48. The van der Waals surface area contributed by atoms with E-state index in [9.17, 15) is 13.2 Å². The summed E-state index contributed by atoms with van der Waals surface area (Å²) in [6.45, 7) is 5.68. The molecule has 0 radical (unpaired) electrons. The molecule has 0 heterocycles. The number of sulfonamides is 1. The normalized spacial score (nSPS) is 12.3. The molecule has 0 saturated carbocycles. The monoisotopic (exact) mass is 474 g/mol. The number of aryl methyl sites for hydroxylation is 2. The summed E-state index contributed by atoms with van der Waals surface area (Å²) in [6, 6.07) is 19.0. The molecule has 0 spiro atoms. The first-order chi connectivity index (χ1) is 14.6. The first kappa shape index (κ1) is 23.2. The number of halogens is 1. The smallest absolute Gasteiger partial charge is 0.261 e. The summed E-state index contributed by atoms with van der Waals surface area (Å²) in [6.07, 6.45) is 0. The number of anilines is 2. The van der Waals surface area contributed by atoms with Gasteiger partial charge < -0.3 is 5.32 Å². The highest BCUT2D eigenvalue weighted by atomic mass is 35.5. The molecule has 0 saturated heterocycles. The van der Waals surface area contributed by atoms with Crippen LogP contribution in [0.4, 0.5) is 11.4 Å². The average Bonchev–Trinajstić information content (AvgIpc) is 2.72. The number of thioether (sulfide) groups is 1. The molecule has 3 rings (SSSR count). The molecule has 0 unspecified atom stereocenters. The predicted molar refractivity (Wildman–Crippen MR) is 129 cm³/mol. The van der Waals surface area contributed by atoms with Gasteiger partial charge in [-0.15, -0.1) is 11.8 Å². The van der Waals surface area contributed by atoms with Gasteiger partial charge in [-0.2, -0.15) is 0 Å². The zero-order valence-corrected chi connectivity index (χ0v) is 19.7. The number of amides is 1. The summed E-state index contributed by atoms with van der Waals surface area (Å²) in [5.74, 6) is -0.159. The van der Waals surface area contributed by atoms with E-state index in [1.165, 1.54) is 23.9 Å². The predicted octanol–water partition coefficient (Wildman–Crippen LogP) is 5.88. The first-order valence-electron chi connectivity index (χ1n) is 9.57. The van der Waals surface area contributed by atoms with Gasteiger partial charge in [-0.3, -0.25) is 9.52 Å².